The van der Waals surface area contributed by atoms with Crippen LogP contribution >= 0.6 is 0 Å². The van der Waals surface area contributed by atoms with Crippen molar-refractivity contribution in [3.05, 3.63) is 249 Å². The van der Waals surface area contributed by atoms with Gasteiger partial charge in [0.05, 0.1) is 17.1 Å². The average molecular weight is 816 g/mol. The molecule has 0 aromatic heterocycles. The molecule has 0 fully saturated rings. The zero-order valence-corrected chi connectivity index (χ0v) is 35.0. The van der Waals surface area contributed by atoms with Crippen LogP contribution in [0.5, 0.6) is 11.5 Å². The van der Waals surface area contributed by atoms with E-state index in [9.17, 15) is 0 Å². The van der Waals surface area contributed by atoms with Gasteiger partial charge < -0.3 is 9.64 Å². The van der Waals surface area contributed by atoms with Crippen molar-refractivity contribution in [3.63, 3.8) is 0 Å². The van der Waals surface area contributed by atoms with E-state index in [1.807, 2.05) is 6.07 Å². The first kappa shape index (κ1) is 37.3. The highest BCUT2D eigenvalue weighted by atomic mass is 16.5. The van der Waals surface area contributed by atoms with E-state index in [4.69, 9.17) is 4.74 Å². The van der Waals surface area contributed by atoms with E-state index in [0.29, 0.717) is 0 Å². The topological polar surface area (TPSA) is 12.5 Å². The van der Waals surface area contributed by atoms with Crippen molar-refractivity contribution in [2.24, 2.45) is 0 Å². The van der Waals surface area contributed by atoms with Crippen molar-refractivity contribution in [1.29, 1.82) is 0 Å². The smallest absolute Gasteiger partial charge is 0.135 e. The van der Waals surface area contributed by atoms with Crippen LogP contribution < -0.4 is 9.64 Å². The van der Waals surface area contributed by atoms with Crippen LogP contribution in [-0.4, -0.2) is 0 Å². The van der Waals surface area contributed by atoms with Crippen LogP contribution in [0.3, 0.4) is 0 Å². The van der Waals surface area contributed by atoms with Crippen LogP contribution in [0.1, 0.15) is 0 Å². The van der Waals surface area contributed by atoms with Crippen molar-refractivity contribution in [2.75, 3.05) is 4.90 Å². The standard InChI is InChI=1S/C62H41NO/c1-3-18-42(19-4-1)43-36-38-45(39-37-43)49-25-7-11-31-56(49)63(58-33-13-9-27-52(58)54-30-16-23-46-22-15-29-51(61(46)54)44-20-5-2-6-21-44)57-32-12-8-26-50(57)48-40-47-24-17-35-60-62(47)55(41-48)53-28-10-14-34-59(53)64-60/h1-41H. The molecule has 0 radical (unpaired) electrons. The monoisotopic (exact) mass is 815 g/mol. The van der Waals surface area contributed by atoms with Gasteiger partial charge in [-0.15, -0.1) is 0 Å². The molecule has 0 saturated carbocycles. The van der Waals surface area contributed by atoms with Gasteiger partial charge in [-0.1, -0.05) is 206 Å². The van der Waals surface area contributed by atoms with Crippen LogP contribution in [0.15, 0.2) is 249 Å². The molecule has 2 nitrogen and oxygen atoms in total. The first-order valence-electron chi connectivity index (χ1n) is 21.9. The Bertz CT molecular complexity index is 3510. The minimum Gasteiger partial charge on any atom is -0.456 e. The Balaban J connectivity index is 1.12. The summed E-state index contributed by atoms with van der Waals surface area (Å²) in [5.74, 6) is 1.76. The minimum absolute atomic E-state index is 0.876. The lowest BCUT2D eigenvalue weighted by Gasteiger charge is -2.32. The SMILES string of the molecule is c1ccc(-c2ccc(-c3ccccc3N(c3ccccc3-c3cc4c5c(cccc5c3)Oc3ccccc3-4)c3ccccc3-c3cccc4cccc(-c5ccccc5)c34)cc2)cc1. The molecular formula is C62H41NO. The molecule has 0 spiro atoms. The number of nitrogens with zero attached hydrogens (tertiary/aromatic N) is 1. The molecule has 64 heavy (non-hydrogen) atoms. The van der Waals surface area contributed by atoms with E-state index in [1.54, 1.807) is 0 Å². The fraction of sp³-hybridized carbons (Fsp3) is 0. The number of ether oxygens (including phenoxy) is 1. The Morgan fingerprint density at radius 1 is 0.234 bits per heavy atom. The molecule has 11 aromatic carbocycles. The molecule has 0 unspecified atom stereocenters. The summed E-state index contributed by atoms with van der Waals surface area (Å²) in [5, 5.41) is 4.71. The summed E-state index contributed by atoms with van der Waals surface area (Å²) in [6.07, 6.45) is 0. The first-order valence-corrected chi connectivity index (χ1v) is 21.9. The Labute approximate surface area is 373 Å². The van der Waals surface area contributed by atoms with Crippen molar-refractivity contribution in [2.45, 2.75) is 0 Å². The summed E-state index contributed by atoms with van der Waals surface area (Å²) >= 11 is 0. The molecule has 1 aliphatic heterocycles. The van der Waals surface area contributed by atoms with Gasteiger partial charge in [0, 0.05) is 27.6 Å². The fourth-order valence-corrected chi connectivity index (χ4v) is 9.75. The third-order valence-electron chi connectivity index (χ3n) is 12.7. The number of fused-ring (bicyclic) bond motifs is 3. The van der Waals surface area contributed by atoms with Gasteiger partial charge in [0.15, 0.2) is 0 Å². The molecular weight excluding hydrogens is 775 g/mol. The van der Waals surface area contributed by atoms with E-state index >= 15 is 0 Å². The molecule has 0 aliphatic carbocycles. The quantitative estimate of drug-likeness (QED) is 0.151. The zero-order valence-electron chi connectivity index (χ0n) is 35.0. The molecule has 0 saturated heterocycles. The molecule has 0 atom stereocenters. The third-order valence-corrected chi connectivity index (χ3v) is 12.7. The van der Waals surface area contributed by atoms with E-state index in [0.717, 1.165) is 72.7 Å². The van der Waals surface area contributed by atoms with Crippen LogP contribution in [0.25, 0.3) is 88.3 Å². The summed E-state index contributed by atoms with van der Waals surface area (Å²) in [4.78, 5) is 2.50. The number of rotatable bonds is 8. The Morgan fingerprint density at radius 3 is 1.39 bits per heavy atom. The molecule has 0 amide bonds. The van der Waals surface area contributed by atoms with Crippen LogP contribution in [0, 0.1) is 0 Å². The highest BCUT2D eigenvalue weighted by Gasteiger charge is 2.26. The van der Waals surface area contributed by atoms with Crippen molar-refractivity contribution < 1.29 is 4.74 Å². The van der Waals surface area contributed by atoms with Crippen molar-refractivity contribution in [3.8, 4) is 78.3 Å². The summed E-state index contributed by atoms with van der Waals surface area (Å²) in [7, 11) is 0. The fourth-order valence-electron chi connectivity index (χ4n) is 9.75. The second-order valence-corrected chi connectivity index (χ2v) is 16.4. The molecule has 1 aliphatic rings. The van der Waals surface area contributed by atoms with Gasteiger partial charge in [-0.3, -0.25) is 0 Å². The number of para-hydroxylation sites is 4. The summed E-state index contributed by atoms with van der Waals surface area (Å²) in [5.41, 5.74) is 17.2. The summed E-state index contributed by atoms with van der Waals surface area (Å²) in [6, 6.07) is 89.9. The summed E-state index contributed by atoms with van der Waals surface area (Å²) in [6.45, 7) is 0. The Kier molecular flexibility index (Phi) is 9.20. The normalized spacial score (nSPS) is 11.6. The predicted molar refractivity (Wildman–Crippen MR) is 269 cm³/mol. The van der Waals surface area contributed by atoms with Crippen LogP contribution in [-0.2, 0) is 0 Å². The third kappa shape index (κ3) is 6.44. The second-order valence-electron chi connectivity index (χ2n) is 16.4. The molecule has 12 rings (SSSR count). The molecule has 1 heterocycles. The lowest BCUT2D eigenvalue weighted by molar-refractivity contribution is 0.487. The molecule has 11 aromatic rings. The van der Waals surface area contributed by atoms with Gasteiger partial charge in [0.25, 0.3) is 0 Å². The van der Waals surface area contributed by atoms with E-state index < -0.39 is 0 Å². The van der Waals surface area contributed by atoms with Gasteiger partial charge in [-0.2, -0.15) is 0 Å². The van der Waals surface area contributed by atoms with E-state index in [-0.39, 0.29) is 0 Å². The highest BCUT2D eigenvalue weighted by Crippen LogP contribution is 2.52. The molecule has 300 valence electrons. The number of anilines is 3. The van der Waals surface area contributed by atoms with Crippen molar-refractivity contribution in [1.82, 2.24) is 0 Å². The minimum atomic E-state index is 0.876. The van der Waals surface area contributed by atoms with E-state index in [2.05, 4.69) is 248 Å². The molecule has 2 heteroatoms. The van der Waals surface area contributed by atoms with Gasteiger partial charge in [-0.05, 0) is 103 Å². The van der Waals surface area contributed by atoms with Gasteiger partial charge >= 0.3 is 0 Å². The largest absolute Gasteiger partial charge is 0.456 e. The van der Waals surface area contributed by atoms with Crippen molar-refractivity contribution >= 4 is 38.6 Å². The predicted octanol–water partition coefficient (Wildman–Crippen LogP) is 17.6. The maximum atomic E-state index is 6.47. The summed E-state index contributed by atoms with van der Waals surface area (Å²) < 4.78 is 6.47. The Morgan fingerprint density at radius 2 is 0.688 bits per heavy atom. The second kappa shape index (κ2) is 15.8. The number of benzene rings is 11. The maximum absolute atomic E-state index is 6.47. The zero-order chi connectivity index (χ0) is 42.4. The lowest BCUT2D eigenvalue weighted by Crippen LogP contribution is -2.13. The van der Waals surface area contributed by atoms with Gasteiger partial charge in [-0.25, -0.2) is 0 Å². The maximum Gasteiger partial charge on any atom is 0.135 e. The number of hydrogen-bond donors (Lipinski definition) is 0. The molecule has 0 bridgehead atoms. The highest BCUT2D eigenvalue weighted by molar-refractivity contribution is 6.11. The van der Waals surface area contributed by atoms with Gasteiger partial charge in [0.1, 0.15) is 11.5 Å². The molecule has 0 N–H and O–H groups in total. The lowest BCUT2D eigenvalue weighted by atomic mass is 9.89. The van der Waals surface area contributed by atoms with Crippen LogP contribution in [0.4, 0.5) is 17.1 Å². The Hall–Kier alpha value is -8.46. The number of hydrogen-bond acceptors (Lipinski definition) is 2. The van der Waals surface area contributed by atoms with E-state index in [1.165, 1.54) is 44.2 Å². The van der Waals surface area contributed by atoms with Gasteiger partial charge in [0.2, 0.25) is 0 Å². The average Bonchev–Trinajstić information content (AvgIpc) is 3.37. The van der Waals surface area contributed by atoms with Crippen LogP contribution in [0.2, 0.25) is 0 Å². The first-order chi connectivity index (χ1) is 31.8.